The Labute approximate surface area is 144 Å². The minimum atomic E-state index is -1.77. The predicted molar refractivity (Wildman–Crippen MR) is 94.9 cm³/mol. The molecule has 4 rings (SSSR count). The maximum absolute atomic E-state index is 14.8. The molecule has 0 radical (unpaired) electrons. The van der Waals surface area contributed by atoms with E-state index in [9.17, 15) is 9.18 Å². The van der Waals surface area contributed by atoms with Crippen LogP contribution in [0, 0.1) is 0 Å². The molecule has 6 heteroatoms. The van der Waals surface area contributed by atoms with Crippen LogP contribution in [-0.2, 0) is 4.79 Å². The van der Waals surface area contributed by atoms with E-state index in [2.05, 4.69) is 20.5 Å². The van der Waals surface area contributed by atoms with Crippen molar-refractivity contribution in [1.29, 1.82) is 0 Å². The highest BCUT2D eigenvalue weighted by atomic mass is 19.1. The third-order valence-corrected chi connectivity index (χ3v) is 4.85. The number of carbonyl (C=O) groups is 1. The summed E-state index contributed by atoms with van der Waals surface area (Å²) in [5, 5.41) is 11.3. The summed E-state index contributed by atoms with van der Waals surface area (Å²) in [7, 11) is 0. The third-order valence-electron chi connectivity index (χ3n) is 4.85. The number of rotatable bonds is 3. The molecule has 0 aliphatic heterocycles. The molecule has 0 bridgehead atoms. The van der Waals surface area contributed by atoms with E-state index < -0.39 is 11.6 Å². The van der Waals surface area contributed by atoms with Gasteiger partial charge in [0.1, 0.15) is 5.82 Å². The summed E-state index contributed by atoms with van der Waals surface area (Å²) in [4.78, 5) is 16.6. The molecule has 1 amide bonds. The molecule has 2 heterocycles. The van der Waals surface area contributed by atoms with E-state index in [0.29, 0.717) is 5.82 Å². The molecule has 1 aliphatic rings. The number of aromatic nitrogens is 3. The van der Waals surface area contributed by atoms with Crippen LogP contribution in [0.15, 0.2) is 42.9 Å². The number of alkyl halides is 1. The standard InChI is InChI=1S/C19H19FN4O/c20-19(6-2-1-3-7-19)18(25)24-17-9-15-8-13(16-11-22-23-12-16)4-5-14(15)10-21-17/h4-5,8-12H,1-3,6-7H2,(H,22,23)(H,21,24,25). The fraction of sp³-hybridized carbons (Fsp3) is 0.316. The fourth-order valence-electron chi connectivity index (χ4n) is 3.37. The number of halogens is 1. The van der Waals surface area contributed by atoms with Gasteiger partial charge in [-0.05, 0) is 48.8 Å². The van der Waals surface area contributed by atoms with Crippen LogP contribution >= 0.6 is 0 Å². The number of hydrogen-bond donors (Lipinski definition) is 2. The van der Waals surface area contributed by atoms with Crippen LogP contribution in [0.25, 0.3) is 21.9 Å². The smallest absolute Gasteiger partial charge is 0.263 e. The zero-order valence-electron chi connectivity index (χ0n) is 13.8. The van der Waals surface area contributed by atoms with E-state index in [0.717, 1.165) is 41.2 Å². The normalized spacial score (nSPS) is 16.7. The summed E-state index contributed by atoms with van der Waals surface area (Å²) >= 11 is 0. The highest BCUT2D eigenvalue weighted by molar-refractivity contribution is 5.98. The van der Waals surface area contributed by atoms with Crippen LogP contribution in [-0.4, -0.2) is 26.8 Å². The van der Waals surface area contributed by atoms with Crippen molar-refractivity contribution < 1.29 is 9.18 Å². The Morgan fingerprint density at radius 1 is 1.08 bits per heavy atom. The lowest BCUT2D eigenvalue weighted by Gasteiger charge is -2.27. The maximum atomic E-state index is 14.8. The molecule has 25 heavy (non-hydrogen) atoms. The highest BCUT2D eigenvalue weighted by Gasteiger charge is 2.39. The van der Waals surface area contributed by atoms with Crippen LogP contribution in [0.3, 0.4) is 0 Å². The molecular weight excluding hydrogens is 319 g/mol. The summed E-state index contributed by atoms with van der Waals surface area (Å²) in [6.45, 7) is 0. The highest BCUT2D eigenvalue weighted by Crippen LogP contribution is 2.33. The minimum Gasteiger partial charge on any atom is -0.308 e. The van der Waals surface area contributed by atoms with Gasteiger partial charge in [0.15, 0.2) is 5.67 Å². The number of nitrogens with one attached hydrogen (secondary N) is 2. The molecule has 128 valence electrons. The molecule has 1 aliphatic carbocycles. The van der Waals surface area contributed by atoms with E-state index >= 15 is 0 Å². The van der Waals surface area contributed by atoms with Gasteiger partial charge in [0.2, 0.25) is 0 Å². The number of benzene rings is 1. The van der Waals surface area contributed by atoms with Crippen molar-refractivity contribution in [2.75, 3.05) is 5.32 Å². The van der Waals surface area contributed by atoms with Crippen LogP contribution in [0.1, 0.15) is 32.1 Å². The van der Waals surface area contributed by atoms with Gasteiger partial charge < -0.3 is 5.32 Å². The Balaban J connectivity index is 1.60. The lowest BCUT2D eigenvalue weighted by molar-refractivity contribution is -0.129. The molecule has 2 N–H and O–H groups in total. The third kappa shape index (κ3) is 3.12. The number of anilines is 1. The summed E-state index contributed by atoms with van der Waals surface area (Å²) < 4.78 is 14.8. The monoisotopic (exact) mass is 338 g/mol. The van der Waals surface area contributed by atoms with Crippen LogP contribution in [0.5, 0.6) is 0 Å². The lowest BCUT2D eigenvalue weighted by Crippen LogP contribution is -2.40. The summed E-state index contributed by atoms with van der Waals surface area (Å²) in [5.41, 5.74) is 0.223. The summed E-state index contributed by atoms with van der Waals surface area (Å²) in [6, 6.07) is 7.74. The molecule has 1 aromatic carbocycles. The number of nitrogens with zero attached hydrogens (tertiary/aromatic N) is 2. The Hall–Kier alpha value is -2.76. The molecule has 0 saturated heterocycles. The zero-order chi connectivity index (χ0) is 17.3. The van der Waals surface area contributed by atoms with Crippen molar-refractivity contribution >= 4 is 22.5 Å². The molecule has 0 spiro atoms. The van der Waals surface area contributed by atoms with Crippen LogP contribution < -0.4 is 5.32 Å². The number of amides is 1. The van der Waals surface area contributed by atoms with Crippen molar-refractivity contribution in [3.05, 3.63) is 42.9 Å². The van der Waals surface area contributed by atoms with E-state index in [1.54, 1.807) is 18.5 Å². The number of pyridine rings is 1. The summed E-state index contributed by atoms with van der Waals surface area (Å²) in [5.74, 6) is -0.200. The second-order valence-corrected chi connectivity index (χ2v) is 6.60. The van der Waals surface area contributed by atoms with Gasteiger partial charge in [-0.2, -0.15) is 5.10 Å². The number of fused-ring (bicyclic) bond motifs is 1. The molecular formula is C19H19FN4O. The van der Waals surface area contributed by atoms with E-state index in [1.165, 1.54) is 0 Å². The fourth-order valence-corrected chi connectivity index (χ4v) is 3.37. The molecule has 0 atom stereocenters. The predicted octanol–water partition coefficient (Wildman–Crippen LogP) is 4.24. The summed E-state index contributed by atoms with van der Waals surface area (Å²) in [6.07, 6.45) is 8.34. The number of aromatic amines is 1. The molecule has 5 nitrogen and oxygen atoms in total. The van der Waals surface area contributed by atoms with Crippen LogP contribution in [0.4, 0.5) is 10.2 Å². The van der Waals surface area contributed by atoms with Crippen LogP contribution in [0.2, 0.25) is 0 Å². The molecule has 2 aromatic heterocycles. The largest absolute Gasteiger partial charge is 0.308 e. The van der Waals surface area contributed by atoms with E-state index in [4.69, 9.17) is 0 Å². The molecule has 3 aromatic rings. The average Bonchev–Trinajstić information content (AvgIpc) is 3.16. The SMILES string of the molecule is O=C(Nc1cc2cc(-c3cn[nH]c3)ccc2cn1)C1(F)CCCCC1. The second kappa shape index (κ2) is 6.27. The Morgan fingerprint density at radius 3 is 2.68 bits per heavy atom. The lowest BCUT2D eigenvalue weighted by atomic mass is 9.86. The van der Waals surface area contributed by atoms with Gasteiger partial charge in [-0.15, -0.1) is 0 Å². The van der Waals surface area contributed by atoms with Crippen molar-refractivity contribution in [3.63, 3.8) is 0 Å². The number of carbonyl (C=O) groups excluding carboxylic acids is 1. The van der Waals surface area contributed by atoms with E-state index in [1.807, 2.05) is 24.4 Å². The first-order valence-electron chi connectivity index (χ1n) is 8.53. The molecule has 1 fully saturated rings. The molecule has 1 saturated carbocycles. The van der Waals surface area contributed by atoms with Crippen molar-refractivity contribution in [1.82, 2.24) is 15.2 Å². The average molecular weight is 338 g/mol. The van der Waals surface area contributed by atoms with Gasteiger partial charge in [0, 0.05) is 23.3 Å². The van der Waals surface area contributed by atoms with Gasteiger partial charge in [-0.25, -0.2) is 9.37 Å². The second-order valence-electron chi connectivity index (χ2n) is 6.60. The Kier molecular flexibility index (Phi) is 3.95. The minimum absolute atomic E-state index is 0.289. The quantitative estimate of drug-likeness (QED) is 0.750. The van der Waals surface area contributed by atoms with Crippen molar-refractivity contribution in [2.45, 2.75) is 37.8 Å². The van der Waals surface area contributed by atoms with Crippen molar-refractivity contribution in [2.24, 2.45) is 0 Å². The topological polar surface area (TPSA) is 70.7 Å². The first kappa shape index (κ1) is 15.7. The maximum Gasteiger partial charge on any atom is 0.263 e. The first-order valence-corrected chi connectivity index (χ1v) is 8.53. The van der Waals surface area contributed by atoms with Gasteiger partial charge in [0.05, 0.1) is 6.20 Å². The first-order chi connectivity index (χ1) is 12.1. The van der Waals surface area contributed by atoms with Gasteiger partial charge in [-0.3, -0.25) is 9.89 Å². The number of hydrogen-bond acceptors (Lipinski definition) is 3. The Morgan fingerprint density at radius 2 is 1.92 bits per heavy atom. The Bertz CT molecular complexity index is 901. The van der Waals surface area contributed by atoms with Gasteiger partial charge >= 0.3 is 0 Å². The number of H-pyrrole nitrogens is 1. The van der Waals surface area contributed by atoms with E-state index in [-0.39, 0.29) is 12.8 Å². The van der Waals surface area contributed by atoms with Gasteiger partial charge in [-0.1, -0.05) is 18.6 Å². The molecule has 0 unspecified atom stereocenters. The van der Waals surface area contributed by atoms with Crippen molar-refractivity contribution in [3.8, 4) is 11.1 Å². The zero-order valence-corrected chi connectivity index (χ0v) is 13.8. The van der Waals surface area contributed by atoms with Gasteiger partial charge in [0.25, 0.3) is 5.91 Å².